The lowest BCUT2D eigenvalue weighted by atomic mass is 10.0. The highest BCUT2D eigenvalue weighted by molar-refractivity contribution is 7.89. The largest absolute Gasteiger partial charge is 0.297 e. The number of halogens is 1. The van der Waals surface area contributed by atoms with E-state index in [-0.39, 0.29) is 23.3 Å². The first-order chi connectivity index (χ1) is 11.9. The van der Waals surface area contributed by atoms with Crippen molar-refractivity contribution in [3.05, 3.63) is 65.5 Å². The van der Waals surface area contributed by atoms with Crippen molar-refractivity contribution < 1.29 is 12.8 Å². The molecule has 2 aromatic carbocycles. The Balaban J connectivity index is 1.89. The van der Waals surface area contributed by atoms with Crippen LogP contribution in [-0.2, 0) is 10.0 Å². The number of hydrogen-bond donors (Lipinski definition) is 0. The molecular formula is C18H18FN3O2S. The van der Waals surface area contributed by atoms with Crippen LogP contribution in [0.5, 0.6) is 0 Å². The summed E-state index contributed by atoms with van der Waals surface area (Å²) in [6.45, 7) is 1.22. The van der Waals surface area contributed by atoms with Gasteiger partial charge in [-0.2, -0.15) is 9.57 Å². The highest BCUT2D eigenvalue weighted by atomic mass is 32.2. The minimum absolute atomic E-state index is 0.119. The van der Waals surface area contributed by atoms with E-state index >= 15 is 0 Å². The second-order valence-electron chi connectivity index (χ2n) is 6.05. The van der Waals surface area contributed by atoms with Gasteiger partial charge >= 0.3 is 0 Å². The van der Waals surface area contributed by atoms with Crippen molar-refractivity contribution in [2.75, 3.05) is 26.7 Å². The molecule has 130 valence electrons. The average molecular weight is 359 g/mol. The van der Waals surface area contributed by atoms with E-state index < -0.39 is 10.0 Å². The van der Waals surface area contributed by atoms with Crippen molar-refractivity contribution in [2.45, 2.75) is 10.9 Å². The van der Waals surface area contributed by atoms with Gasteiger partial charge in [0.05, 0.1) is 16.5 Å². The fraction of sp³-hybridized carbons (Fsp3) is 0.278. The number of benzene rings is 2. The lowest BCUT2D eigenvalue weighted by molar-refractivity contribution is 0.148. The quantitative estimate of drug-likeness (QED) is 0.844. The van der Waals surface area contributed by atoms with Crippen LogP contribution in [0.25, 0.3) is 0 Å². The number of likely N-dealkylation sites (N-methyl/N-ethyl adjacent to an activating group) is 1. The van der Waals surface area contributed by atoms with Crippen LogP contribution in [0.2, 0.25) is 0 Å². The molecule has 3 rings (SSSR count). The summed E-state index contributed by atoms with van der Waals surface area (Å²) in [5, 5.41) is 8.99. The van der Waals surface area contributed by atoms with Crippen LogP contribution in [0, 0.1) is 17.1 Å². The zero-order chi connectivity index (χ0) is 18.0. The summed E-state index contributed by atoms with van der Waals surface area (Å²) in [7, 11) is -1.76. The summed E-state index contributed by atoms with van der Waals surface area (Å²) >= 11 is 0. The van der Waals surface area contributed by atoms with Crippen molar-refractivity contribution in [1.82, 2.24) is 9.21 Å². The van der Waals surface area contributed by atoms with E-state index in [1.165, 1.54) is 28.6 Å². The second-order valence-corrected chi connectivity index (χ2v) is 7.99. The summed E-state index contributed by atoms with van der Waals surface area (Å²) < 4.78 is 40.5. The molecule has 1 aliphatic rings. The lowest BCUT2D eigenvalue weighted by Gasteiger charge is -2.39. The third kappa shape index (κ3) is 3.56. The Kier molecular flexibility index (Phi) is 4.86. The van der Waals surface area contributed by atoms with Crippen molar-refractivity contribution in [2.24, 2.45) is 0 Å². The van der Waals surface area contributed by atoms with E-state index in [0.29, 0.717) is 18.7 Å². The van der Waals surface area contributed by atoms with Crippen LogP contribution in [0.4, 0.5) is 4.39 Å². The monoisotopic (exact) mass is 359 g/mol. The molecule has 0 spiro atoms. The van der Waals surface area contributed by atoms with Crippen LogP contribution < -0.4 is 0 Å². The molecule has 0 saturated carbocycles. The highest BCUT2D eigenvalue weighted by Crippen LogP contribution is 2.28. The van der Waals surface area contributed by atoms with Gasteiger partial charge in [-0.25, -0.2) is 12.8 Å². The average Bonchev–Trinajstić information content (AvgIpc) is 2.63. The lowest BCUT2D eigenvalue weighted by Crippen LogP contribution is -2.48. The maximum Gasteiger partial charge on any atom is 0.243 e. The number of piperazine rings is 1. The van der Waals surface area contributed by atoms with Gasteiger partial charge in [-0.05, 0) is 42.9 Å². The predicted molar refractivity (Wildman–Crippen MR) is 91.7 cm³/mol. The Bertz CT molecular complexity index is 907. The molecule has 0 unspecified atom stereocenters. The van der Waals surface area contributed by atoms with Gasteiger partial charge in [-0.1, -0.05) is 18.2 Å². The smallest absolute Gasteiger partial charge is 0.243 e. The topological polar surface area (TPSA) is 64.4 Å². The molecule has 1 heterocycles. The van der Waals surface area contributed by atoms with Crippen molar-refractivity contribution in [3.63, 3.8) is 0 Å². The first-order valence-corrected chi connectivity index (χ1v) is 9.32. The fourth-order valence-electron chi connectivity index (χ4n) is 2.99. The van der Waals surface area contributed by atoms with Gasteiger partial charge in [0.2, 0.25) is 10.0 Å². The molecule has 0 bridgehead atoms. The minimum Gasteiger partial charge on any atom is -0.297 e. The van der Waals surface area contributed by atoms with Crippen LogP contribution in [-0.4, -0.2) is 44.3 Å². The summed E-state index contributed by atoms with van der Waals surface area (Å²) in [5.74, 6) is -0.319. The standard InChI is InChI=1S/C18H18FN3O2S/c1-21-9-10-22(13-18(21)15-5-7-16(19)8-6-15)25(23,24)17-4-2-3-14(11-17)12-20/h2-8,11,18H,9-10,13H2,1H3/t18-/m0/s1. The Morgan fingerprint density at radius 1 is 1.16 bits per heavy atom. The predicted octanol–water partition coefficient (Wildman–Crippen LogP) is 2.37. The second kappa shape index (κ2) is 6.92. The van der Waals surface area contributed by atoms with Crippen LogP contribution >= 0.6 is 0 Å². The summed E-state index contributed by atoms with van der Waals surface area (Å²) in [4.78, 5) is 2.18. The molecular weight excluding hydrogens is 341 g/mol. The van der Waals surface area contributed by atoms with E-state index in [1.807, 2.05) is 13.1 Å². The Labute approximate surface area is 147 Å². The molecule has 1 atom stereocenters. The molecule has 5 nitrogen and oxygen atoms in total. The molecule has 7 heteroatoms. The molecule has 25 heavy (non-hydrogen) atoms. The highest BCUT2D eigenvalue weighted by Gasteiger charge is 2.33. The van der Waals surface area contributed by atoms with Gasteiger partial charge in [0, 0.05) is 25.7 Å². The normalized spacial score (nSPS) is 19.5. The molecule has 0 radical (unpaired) electrons. The molecule has 2 aromatic rings. The van der Waals surface area contributed by atoms with E-state index in [9.17, 15) is 12.8 Å². The molecule has 1 aliphatic heterocycles. The van der Waals surface area contributed by atoms with E-state index in [4.69, 9.17) is 5.26 Å². The summed E-state index contributed by atoms with van der Waals surface area (Å²) in [6, 6.07) is 14.0. The zero-order valence-electron chi connectivity index (χ0n) is 13.8. The number of sulfonamides is 1. The molecule has 0 N–H and O–H groups in total. The summed E-state index contributed by atoms with van der Waals surface area (Å²) in [5.41, 5.74) is 1.18. The maximum atomic E-state index is 13.2. The van der Waals surface area contributed by atoms with Gasteiger partial charge in [0.1, 0.15) is 5.82 Å². The van der Waals surface area contributed by atoms with E-state index in [1.54, 1.807) is 24.3 Å². The van der Waals surface area contributed by atoms with Crippen molar-refractivity contribution >= 4 is 10.0 Å². The van der Waals surface area contributed by atoms with Crippen LogP contribution in [0.15, 0.2) is 53.4 Å². The molecule has 1 fully saturated rings. The van der Waals surface area contributed by atoms with Crippen molar-refractivity contribution in [3.8, 4) is 6.07 Å². The Morgan fingerprint density at radius 2 is 1.88 bits per heavy atom. The van der Waals surface area contributed by atoms with Crippen LogP contribution in [0.3, 0.4) is 0 Å². The molecule has 0 aliphatic carbocycles. The number of nitriles is 1. The van der Waals surface area contributed by atoms with E-state index in [0.717, 1.165) is 5.56 Å². The number of nitrogens with zero attached hydrogens (tertiary/aromatic N) is 3. The molecule has 1 saturated heterocycles. The SMILES string of the molecule is CN1CCN(S(=O)(=O)c2cccc(C#N)c2)C[C@H]1c1ccc(F)cc1. The third-order valence-electron chi connectivity index (χ3n) is 4.47. The number of rotatable bonds is 3. The Morgan fingerprint density at radius 3 is 2.56 bits per heavy atom. The van der Waals surface area contributed by atoms with Gasteiger partial charge in [0.25, 0.3) is 0 Å². The fourth-order valence-corrected chi connectivity index (χ4v) is 4.47. The molecule has 0 amide bonds. The maximum absolute atomic E-state index is 13.2. The minimum atomic E-state index is -3.69. The van der Waals surface area contributed by atoms with Gasteiger partial charge in [-0.15, -0.1) is 0 Å². The van der Waals surface area contributed by atoms with E-state index in [2.05, 4.69) is 4.90 Å². The molecule has 0 aromatic heterocycles. The van der Waals surface area contributed by atoms with Gasteiger partial charge in [-0.3, -0.25) is 4.90 Å². The van der Waals surface area contributed by atoms with Gasteiger partial charge in [0.15, 0.2) is 0 Å². The first-order valence-electron chi connectivity index (χ1n) is 7.88. The first kappa shape index (κ1) is 17.5. The number of hydrogen-bond acceptors (Lipinski definition) is 4. The summed E-state index contributed by atoms with van der Waals surface area (Å²) in [6.07, 6.45) is 0. The van der Waals surface area contributed by atoms with Crippen LogP contribution in [0.1, 0.15) is 17.2 Å². The zero-order valence-corrected chi connectivity index (χ0v) is 14.6. The Hall–Kier alpha value is -2.27. The third-order valence-corrected chi connectivity index (χ3v) is 6.33. The van der Waals surface area contributed by atoms with Gasteiger partial charge < -0.3 is 0 Å². The van der Waals surface area contributed by atoms with Crippen molar-refractivity contribution in [1.29, 1.82) is 5.26 Å².